The second kappa shape index (κ2) is 11.8. The van der Waals surface area contributed by atoms with Crippen molar-refractivity contribution in [2.24, 2.45) is 0 Å². The van der Waals surface area contributed by atoms with Crippen molar-refractivity contribution in [3.05, 3.63) is 102 Å². The number of unbranched alkanes of at least 4 members (excludes halogenated alkanes) is 1. The Morgan fingerprint density at radius 2 is 1.21 bits per heavy atom. The third kappa shape index (κ3) is 5.31. The number of rotatable bonds is 7. The van der Waals surface area contributed by atoms with Gasteiger partial charge in [-0.05, 0) is 29.7 Å². The maximum absolute atomic E-state index is 13.5. The Hall–Kier alpha value is -1.96. The highest BCUT2D eigenvalue weighted by atomic mass is 79.9. The molecule has 0 aliphatic rings. The van der Waals surface area contributed by atoms with Gasteiger partial charge in [0.2, 0.25) is 0 Å². The fraction of sp³-hybridized carbons (Fsp3) is 0.208. The van der Waals surface area contributed by atoms with E-state index < -0.39 is 5.41 Å². The molecule has 28 heavy (non-hydrogen) atoms. The van der Waals surface area contributed by atoms with E-state index in [0.29, 0.717) is 12.2 Å². The van der Waals surface area contributed by atoms with Crippen molar-refractivity contribution in [3.8, 4) is 5.75 Å². The maximum atomic E-state index is 13.5. The van der Waals surface area contributed by atoms with Gasteiger partial charge in [0.15, 0.2) is 0 Å². The molecular formula is C24H28BrO2P. The van der Waals surface area contributed by atoms with Crippen molar-refractivity contribution in [1.29, 1.82) is 0 Å². The van der Waals surface area contributed by atoms with Crippen LogP contribution in [0.4, 0.5) is 0 Å². The zero-order valence-electron chi connectivity index (χ0n) is 16.2. The molecule has 3 aromatic carbocycles. The van der Waals surface area contributed by atoms with Crippen LogP contribution in [0.5, 0.6) is 5.75 Å². The van der Waals surface area contributed by atoms with Crippen LogP contribution in [0, 0.1) is 0 Å². The van der Waals surface area contributed by atoms with Crippen molar-refractivity contribution in [3.63, 3.8) is 0 Å². The molecule has 148 valence electrons. The minimum atomic E-state index is -0.811. The summed E-state index contributed by atoms with van der Waals surface area (Å²) >= 11 is 0. The maximum Gasteiger partial charge on any atom is 0.326 e. The molecule has 4 heteroatoms. The summed E-state index contributed by atoms with van der Waals surface area (Å²) in [6.07, 6.45) is 2.66. The number of ether oxygens (including phenoxy) is 1. The van der Waals surface area contributed by atoms with E-state index in [2.05, 4.69) is 6.92 Å². The highest BCUT2D eigenvalue weighted by Crippen LogP contribution is 2.39. The number of carbonyl (C=O) groups excluding carboxylic acids is 1. The van der Waals surface area contributed by atoms with Crippen LogP contribution < -0.4 is 4.74 Å². The smallest absolute Gasteiger partial charge is 0.326 e. The van der Waals surface area contributed by atoms with Gasteiger partial charge in [-0.15, -0.1) is 17.0 Å². The summed E-state index contributed by atoms with van der Waals surface area (Å²) in [5.74, 6) is 0.347. The number of para-hydroxylation sites is 1. The monoisotopic (exact) mass is 458 g/mol. The van der Waals surface area contributed by atoms with Gasteiger partial charge >= 0.3 is 5.97 Å². The van der Waals surface area contributed by atoms with Gasteiger partial charge in [0.25, 0.3) is 0 Å². The van der Waals surface area contributed by atoms with E-state index in [-0.39, 0.29) is 32.8 Å². The van der Waals surface area contributed by atoms with E-state index in [4.69, 9.17) is 4.74 Å². The molecule has 0 radical (unpaired) electrons. The van der Waals surface area contributed by atoms with E-state index >= 15 is 0 Å². The van der Waals surface area contributed by atoms with Gasteiger partial charge in [-0.1, -0.05) is 98.6 Å². The first kappa shape index (κ1) is 24.1. The highest BCUT2D eigenvalue weighted by molar-refractivity contribution is 8.93. The van der Waals surface area contributed by atoms with Crippen LogP contribution in [0.3, 0.4) is 0 Å². The average Bonchev–Trinajstić information content (AvgIpc) is 2.71. The van der Waals surface area contributed by atoms with Crippen molar-refractivity contribution in [2.45, 2.75) is 31.6 Å². The first-order valence-electron chi connectivity index (χ1n) is 9.16. The topological polar surface area (TPSA) is 26.3 Å². The normalized spacial score (nSPS) is 10.3. The summed E-state index contributed by atoms with van der Waals surface area (Å²) in [5, 5.41) is 0. The molecule has 0 fully saturated rings. The molecule has 0 saturated heterocycles. The molecule has 0 aliphatic heterocycles. The van der Waals surface area contributed by atoms with Crippen LogP contribution >= 0.6 is 26.9 Å². The van der Waals surface area contributed by atoms with Crippen LogP contribution in [-0.2, 0) is 10.2 Å². The van der Waals surface area contributed by atoms with Gasteiger partial charge in [0.1, 0.15) is 11.2 Å². The van der Waals surface area contributed by atoms with E-state index in [1.165, 1.54) is 0 Å². The SMILES string of the molecule is Br.CCCCC(C(=O)Oc1ccccc1)(c1ccccc1)c1ccccc1.P. The van der Waals surface area contributed by atoms with Crippen LogP contribution in [0.15, 0.2) is 91.0 Å². The first-order valence-corrected chi connectivity index (χ1v) is 9.16. The van der Waals surface area contributed by atoms with E-state index in [0.717, 1.165) is 24.0 Å². The predicted octanol–water partition coefficient (Wildman–Crippen LogP) is 6.40. The van der Waals surface area contributed by atoms with Crippen LogP contribution in [0.2, 0.25) is 0 Å². The van der Waals surface area contributed by atoms with Crippen molar-refractivity contribution in [1.82, 2.24) is 0 Å². The van der Waals surface area contributed by atoms with E-state index in [1.807, 2.05) is 91.0 Å². The number of esters is 1. The lowest BCUT2D eigenvalue weighted by Crippen LogP contribution is -2.40. The number of hydrogen-bond donors (Lipinski definition) is 0. The minimum Gasteiger partial charge on any atom is -0.426 e. The Kier molecular flexibility index (Phi) is 10.1. The Labute approximate surface area is 181 Å². The second-order valence-electron chi connectivity index (χ2n) is 6.44. The van der Waals surface area contributed by atoms with Gasteiger partial charge in [0.05, 0.1) is 0 Å². The van der Waals surface area contributed by atoms with Gasteiger partial charge in [-0.3, -0.25) is 4.79 Å². The molecule has 2 nitrogen and oxygen atoms in total. The molecule has 0 bridgehead atoms. The Balaban J connectivity index is 0.00000196. The van der Waals surface area contributed by atoms with Gasteiger partial charge in [-0.2, -0.15) is 9.90 Å². The molecule has 0 aromatic heterocycles. The molecule has 1 atom stereocenters. The molecule has 0 saturated carbocycles. The zero-order valence-corrected chi connectivity index (χ0v) is 19.3. The Bertz CT molecular complexity index is 783. The fourth-order valence-corrected chi connectivity index (χ4v) is 3.36. The zero-order chi connectivity index (χ0) is 18.2. The van der Waals surface area contributed by atoms with Gasteiger partial charge in [0, 0.05) is 0 Å². The summed E-state index contributed by atoms with van der Waals surface area (Å²) in [4.78, 5) is 13.5. The third-order valence-corrected chi connectivity index (χ3v) is 4.74. The summed E-state index contributed by atoms with van der Waals surface area (Å²) in [5.41, 5.74) is 1.13. The lowest BCUT2D eigenvalue weighted by Gasteiger charge is -2.32. The van der Waals surface area contributed by atoms with E-state index in [9.17, 15) is 4.79 Å². The van der Waals surface area contributed by atoms with Crippen molar-refractivity contribution >= 4 is 32.8 Å². The average molecular weight is 459 g/mol. The third-order valence-electron chi connectivity index (χ3n) is 4.74. The van der Waals surface area contributed by atoms with Crippen molar-refractivity contribution < 1.29 is 9.53 Å². The summed E-state index contributed by atoms with van der Waals surface area (Å²) in [6.45, 7) is 2.14. The standard InChI is InChI=1S/C24H24O2.BrH.H3P/c1-2-3-19-24(20-13-7-4-8-14-20,21-15-9-5-10-16-21)23(25)26-22-17-11-6-12-18-22;;/h4-18H,2-3,19H2,1H3;1H;1H3. The van der Waals surface area contributed by atoms with Gasteiger partial charge < -0.3 is 4.74 Å². The Morgan fingerprint density at radius 3 is 1.64 bits per heavy atom. The van der Waals surface area contributed by atoms with Crippen LogP contribution in [0.25, 0.3) is 0 Å². The second-order valence-corrected chi connectivity index (χ2v) is 6.44. The predicted molar refractivity (Wildman–Crippen MR) is 127 cm³/mol. The van der Waals surface area contributed by atoms with Gasteiger partial charge in [-0.25, -0.2) is 0 Å². The molecule has 0 N–H and O–H groups in total. The molecule has 0 spiro atoms. The summed E-state index contributed by atoms with van der Waals surface area (Å²) < 4.78 is 5.85. The lowest BCUT2D eigenvalue weighted by atomic mass is 9.71. The first-order chi connectivity index (χ1) is 12.8. The fourth-order valence-electron chi connectivity index (χ4n) is 3.36. The molecule has 1 unspecified atom stereocenters. The highest BCUT2D eigenvalue weighted by Gasteiger charge is 2.43. The quantitative estimate of drug-likeness (QED) is 0.232. The lowest BCUT2D eigenvalue weighted by molar-refractivity contribution is -0.139. The van der Waals surface area contributed by atoms with Crippen LogP contribution in [0.1, 0.15) is 37.3 Å². The number of carbonyl (C=O) groups is 1. The molecule has 0 amide bonds. The molecule has 3 rings (SSSR count). The molecule has 0 heterocycles. The minimum absolute atomic E-state index is 0. The van der Waals surface area contributed by atoms with Crippen LogP contribution in [-0.4, -0.2) is 5.97 Å². The molecule has 0 aliphatic carbocycles. The summed E-state index contributed by atoms with van der Waals surface area (Å²) in [7, 11) is 0. The summed E-state index contributed by atoms with van der Waals surface area (Å²) in [6, 6.07) is 29.3. The number of halogens is 1. The molecule has 3 aromatic rings. The largest absolute Gasteiger partial charge is 0.426 e. The molecular weight excluding hydrogens is 431 g/mol. The van der Waals surface area contributed by atoms with E-state index in [1.54, 1.807) is 0 Å². The Morgan fingerprint density at radius 1 is 0.786 bits per heavy atom. The number of hydrogen-bond acceptors (Lipinski definition) is 2. The van der Waals surface area contributed by atoms with Crippen molar-refractivity contribution in [2.75, 3.05) is 0 Å². The number of benzene rings is 3.